The van der Waals surface area contributed by atoms with Crippen LogP contribution in [0.2, 0.25) is 10.0 Å². The van der Waals surface area contributed by atoms with Crippen LogP contribution in [0.4, 0.5) is 9.52 Å². The first-order valence-electron chi connectivity index (χ1n) is 6.98. The highest BCUT2D eigenvalue weighted by Gasteiger charge is 2.12. The monoisotopic (exact) mass is 397 g/mol. The van der Waals surface area contributed by atoms with Crippen LogP contribution < -0.4 is 10.1 Å². The Morgan fingerprint density at radius 1 is 1.12 bits per heavy atom. The number of halogens is 3. The first kappa shape index (κ1) is 17.6. The van der Waals surface area contributed by atoms with Crippen LogP contribution in [0.3, 0.4) is 0 Å². The zero-order valence-corrected chi connectivity index (χ0v) is 14.8. The molecule has 0 fully saturated rings. The van der Waals surface area contributed by atoms with Crippen molar-refractivity contribution in [3.8, 4) is 5.75 Å². The molecule has 25 heavy (non-hydrogen) atoms. The Morgan fingerprint density at radius 2 is 1.88 bits per heavy atom. The van der Waals surface area contributed by atoms with Crippen LogP contribution in [0.15, 0.2) is 42.5 Å². The van der Waals surface area contributed by atoms with Crippen molar-refractivity contribution < 1.29 is 13.9 Å². The van der Waals surface area contributed by atoms with Gasteiger partial charge >= 0.3 is 0 Å². The molecule has 5 nitrogen and oxygen atoms in total. The molecule has 0 saturated carbocycles. The van der Waals surface area contributed by atoms with Crippen molar-refractivity contribution in [3.05, 3.63) is 68.9 Å². The Labute approximate surface area is 156 Å². The lowest BCUT2D eigenvalue weighted by Gasteiger charge is -2.03. The lowest BCUT2D eigenvalue weighted by molar-refractivity contribution is 0.102. The number of rotatable bonds is 5. The molecular formula is C16H10Cl2FN3O2S. The van der Waals surface area contributed by atoms with Gasteiger partial charge in [-0.2, -0.15) is 0 Å². The van der Waals surface area contributed by atoms with E-state index < -0.39 is 0 Å². The molecule has 0 aliphatic carbocycles. The smallest absolute Gasteiger partial charge is 0.257 e. The predicted molar refractivity (Wildman–Crippen MR) is 95.1 cm³/mol. The lowest BCUT2D eigenvalue weighted by atomic mass is 10.2. The summed E-state index contributed by atoms with van der Waals surface area (Å²) in [5.74, 6) is -0.200. The first-order valence-corrected chi connectivity index (χ1v) is 8.55. The second-order valence-corrected chi connectivity index (χ2v) is 6.70. The van der Waals surface area contributed by atoms with Gasteiger partial charge in [0.15, 0.2) is 5.01 Å². The molecule has 3 rings (SSSR count). The Bertz CT molecular complexity index is 903. The van der Waals surface area contributed by atoms with Gasteiger partial charge < -0.3 is 4.74 Å². The Kier molecular flexibility index (Phi) is 5.47. The van der Waals surface area contributed by atoms with Crippen LogP contribution in [0, 0.1) is 5.82 Å². The molecular weight excluding hydrogens is 388 g/mol. The van der Waals surface area contributed by atoms with E-state index in [4.69, 9.17) is 27.9 Å². The van der Waals surface area contributed by atoms with E-state index in [0.29, 0.717) is 31.5 Å². The molecule has 1 amide bonds. The minimum absolute atomic E-state index is 0.159. The fourth-order valence-corrected chi connectivity index (χ4v) is 2.79. The molecule has 1 N–H and O–H groups in total. The van der Waals surface area contributed by atoms with Crippen LogP contribution in [-0.2, 0) is 6.61 Å². The summed E-state index contributed by atoms with van der Waals surface area (Å²) in [5.41, 5.74) is 0.355. The number of carbonyl (C=O) groups is 1. The fraction of sp³-hybridized carbons (Fsp3) is 0.0625. The maximum atomic E-state index is 12.8. The normalized spacial score (nSPS) is 10.5. The quantitative estimate of drug-likeness (QED) is 0.670. The first-order chi connectivity index (χ1) is 12.0. The van der Waals surface area contributed by atoms with E-state index in [1.54, 1.807) is 12.1 Å². The van der Waals surface area contributed by atoms with Gasteiger partial charge in [-0.05, 0) is 42.5 Å². The Balaban J connectivity index is 1.60. The highest BCUT2D eigenvalue weighted by atomic mass is 35.5. The van der Waals surface area contributed by atoms with Gasteiger partial charge in [-0.15, -0.1) is 10.2 Å². The number of carbonyl (C=O) groups excluding carboxylic acids is 1. The average Bonchev–Trinajstić information content (AvgIpc) is 3.04. The summed E-state index contributed by atoms with van der Waals surface area (Å²) in [4.78, 5) is 12.2. The molecule has 3 aromatic rings. The van der Waals surface area contributed by atoms with Crippen LogP contribution in [0.1, 0.15) is 15.4 Å². The van der Waals surface area contributed by atoms with E-state index in [1.807, 2.05) is 0 Å². The van der Waals surface area contributed by atoms with Crippen molar-refractivity contribution in [2.75, 3.05) is 5.32 Å². The van der Waals surface area contributed by atoms with Gasteiger partial charge in [0.2, 0.25) is 5.13 Å². The standard InChI is InChI=1S/C16H10Cl2FN3O2S/c17-12-6-1-9(7-13(12)18)15(23)20-16-22-21-14(25-16)8-24-11-4-2-10(19)3-5-11/h1-7H,8H2,(H,20,22,23). The molecule has 0 unspecified atom stereocenters. The molecule has 1 heterocycles. The number of ether oxygens (including phenoxy) is 1. The van der Waals surface area contributed by atoms with Gasteiger partial charge in [0.05, 0.1) is 10.0 Å². The predicted octanol–water partition coefficient (Wildman–Crippen LogP) is 4.82. The van der Waals surface area contributed by atoms with E-state index in [9.17, 15) is 9.18 Å². The van der Waals surface area contributed by atoms with Crippen molar-refractivity contribution in [1.29, 1.82) is 0 Å². The molecule has 128 valence electrons. The third-order valence-corrected chi connectivity index (χ3v) is 4.60. The number of nitrogens with one attached hydrogen (secondary N) is 1. The molecule has 0 spiro atoms. The molecule has 9 heteroatoms. The third kappa shape index (κ3) is 4.66. The van der Waals surface area contributed by atoms with Crippen LogP contribution in [0.25, 0.3) is 0 Å². The molecule has 0 radical (unpaired) electrons. The summed E-state index contributed by atoms with van der Waals surface area (Å²) < 4.78 is 18.3. The van der Waals surface area contributed by atoms with Crippen LogP contribution >= 0.6 is 34.5 Å². The van der Waals surface area contributed by atoms with E-state index >= 15 is 0 Å². The second-order valence-electron chi connectivity index (χ2n) is 4.83. The number of amides is 1. The number of anilines is 1. The summed E-state index contributed by atoms with van der Waals surface area (Å²) in [5, 5.41) is 12.0. The van der Waals surface area contributed by atoms with Crippen molar-refractivity contribution >= 4 is 45.6 Å². The topological polar surface area (TPSA) is 64.1 Å². The number of benzene rings is 2. The Hall–Kier alpha value is -2.22. The Morgan fingerprint density at radius 3 is 2.60 bits per heavy atom. The van der Waals surface area contributed by atoms with Crippen LogP contribution in [-0.4, -0.2) is 16.1 Å². The van der Waals surface area contributed by atoms with E-state index in [1.165, 1.54) is 41.7 Å². The maximum absolute atomic E-state index is 12.8. The zero-order valence-electron chi connectivity index (χ0n) is 12.5. The number of hydrogen-bond donors (Lipinski definition) is 1. The van der Waals surface area contributed by atoms with Gasteiger partial charge in [-0.25, -0.2) is 4.39 Å². The summed E-state index contributed by atoms with van der Waals surface area (Å²) in [6.07, 6.45) is 0. The van der Waals surface area contributed by atoms with Gasteiger partial charge in [0, 0.05) is 5.56 Å². The lowest BCUT2D eigenvalue weighted by Crippen LogP contribution is -2.11. The highest BCUT2D eigenvalue weighted by molar-refractivity contribution is 7.15. The second kappa shape index (κ2) is 7.77. The van der Waals surface area contributed by atoms with E-state index in [-0.39, 0.29) is 18.3 Å². The number of nitrogens with zero attached hydrogens (tertiary/aromatic N) is 2. The molecule has 1 aromatic heterocycles. The van der Waals surface area contributed by atoms with Gasteiger partial charge in [0.25, 0.3) is 5.91 Å². The maximum Gasteiger partial charge on any atom is 0.257 e. The van der Waals surface area contributed by atoms with E-state index in [2.05, 4.69) is 15.5 Å². The molecule has 0 saturated heterocycles. The molecule has 2 aromatic carbocycles. The summed E-state index contributed by atoms with van der Waals surface area (Å²) in [6.45, 7) is 0.159. The minimum Gasteiger partial charge on any atom is -0.486 e. The largest absolute Gasteiger partial charge is 0.486 e. The van der Waals surface area contributed by atoms with Crippen molar-refractivity contribution in [2.45, 2.75) is 6.61 Å². The third-order valence-electron chi connectivity index (χ3n) is 3.05. The van der Waals surface area contributed by atoms with Crippen molar-refractivity contribution in [2.24, 2.45) is 0 Å². The van der Waals surface area contributed by atoms with Gasteiger partial charge in [-0.3, -0.25) is 10.1 Å². The van der Waals surface area contributed by atoms with Gasteiger partial charge in [-0.1, -0.05) is 34.5 Å². The fourth-order valence-electron chi connectivity index (χ4n) is 1.84. The molecule has 0 bridgehead atoms. The average molecular weight is 398 g/mol. The minimum atomic E-state index is -0.374. The SMILES string of the molecule is O=C(Nc1nnc(COc2ccc(F)cc2)s1)c1ccc(Cl)c(Cl)c1. The van der Waals surface area contributed by atoms with Crippen LogP contribution in [0.5, 0.6) is 5.75 Å². The summed E-state index contributed by atoms with van der Waals surface area (Å²) in [7, 11) is 0. The molecule has 0 aliphatic rings. The molecule has 0 atom stereocenters. The van der Waals surface area contributed by atoms with Gasteiger partial charge in [0.1, 0.15) is 18.2 Å². The van der Waals surface area contributed by atoms with Crippen molar-refractivity contribution in [1.82, 2.24) is 10.2 Å². The highest BCUT2D eigenvalue weighted by Crippen LogP contribution is 2.24. The molecule has 0 aliphatic heterocycles. The van der Waals surface area contributed by atoms with E-state index in [0.717, 1.165) is 0 Å². The zero-order chi connectivity index (χ0) is 17.8. The number of aromatic nitrogens is 2. The number of hydrogen-bond acceptors (Lipinski definition) is 5. The summed E-state index contributed by atoms with van der Waals surface area (Å²) in [6, 6.07) is 10.2. The summed E-state index contributed by atoms with van der Waals surface area (Å²) >= 11 is 12.9. The van der Waals surface area contributed by atoms with Crippen molar-refractivity contribution in [3.63, 3.8) is 0 Å².